The lowest BCUT2D eigenvalue weighted by atomic mass is 10.0. The Morgan fingerprint density at radius 1 is 1.22 bits per heavy atom. The number of carbonyl (C=O) groups is 2. The molecular weight excluding hydrogens is 320 g/mol. The van der Waals surface area contributed by atoms with Crippen LogP contribution in [0, 0.1) is 18.8 Å². The van der Waals surface area contributed by atoms with E-state index in [1.165, 1.54) is 13.1 Å². The van der Waals surface area contributed by atoms with Gasteiger partial charge in [0, 0.05) is 11.6 Å². The smallest absolute Gasteiger partial charge is 0.306 e. The summed E-state index contributed by atoms with van der Waals surface area (Å²) in [7, 11) is -2.28. The second kappa shape index (κ2) is 6.67. The normalized spacial score (nSPS) is 21.1. The maximum atomic E-state index is 12.2. The number of carbonyl (C=O) groups excluding carboxylic acids is 1. The molecule has 2 rings (SSSR count). The molecule has 0 unspecified atom stereocenters. The molecule has 0 aromatic heterocycles. The molecule has 2 atom stereocenters. The molecule has 126 valence electrons. The molecule has 3 N–H and O–H groups in total. The van der Waals surface area contributed by atoms with E-state index in [0.717, 1.165) is 0 Å². The van der Waals surface area contributed by atoms with Gasteiger partial charge in [0.05, 0.1) is 10.8 Å². The first kappa shape index (κ1) is 17.4. The van der Waals surface area contributed by atoms with Crippen molar-refractivity contribution in [1.29, 1.82) is 0 Å². The molecule has 7 nitrogen and oxygen atoms in total. The zero-order valence-electron chi connectivity index (χ0n) is 13.0. The Balaban J connectivity index is 2.14. The highest BCUT2D eigenvalue weighted by Crippen LogP contribution is 2.32. The number of amides is 1. The van der Waals surface area contributed by atoms with Crippen LogP contribution >= 0.6 is 0 Å². The van der Waals surface area contributed by atoms with Crippen LogP contribution in [0.1, 0.15) is 24.8 Å². The van der Waals surface area contributed by atoms with Crippen LogP contribution in [0.25, 0.3) is 0 Å². The van der Waals surface area contributed by atoms with Crippen molar-refractivity contribution >= 4 is 27.6 Å². The Labute approximate surface area is 135 Å². The first-order valence-electron chi connectivity index (χ1n) is 7.32. The first-order valence-corrected chi connectivity index (χ1v) is 8.80. The zero-order valence-corrected chi connectivity index (χ0v) is 13.8. The predicted molar refractivity (Wildman–Crippen MR) is 84.5 cm³/mol. The minimum absolute atomic E-state index is 0.104. The number of hydrogen-bond donors (Lipinski definition) is 3. The number of nitrogens with one attached hydrogen (secondary N) is 2. The molecule has 1 aromatic rings. The lowest BCUT2D eigenvalue weighted by molar-refractivity contribution is -0.141. The number of sulfonamides is 1. The van der Waals surface area contributed by atoms with E-state index in [2.05, 4.69) is 10.0 Å². The van der Waals surface area contributed by atoms with Gasteiger partial charge in [0.1, 0.15) is 0 Å². The van der Waals surface area contributed by atoms with Crippen LogP contribution in [0.2, 0.25) is 0 Å². The van der Waals surface area contributed by atoms with Crippen LogP contribution in [-0.4, -0.2) is 32.4 Å². The number of aliphatic carboxylic acids is 1. The van der Waals surface area contributed by atoms with Crippen LogP contribution in [0.3, 0.4) is 0 Å². The van der Waals surface area contributed by atoms with Gasteiger partial charge in [-0.05, 0) is 50.9 Å². The van der Waals surface area contributed by atoms with Crippen molar-refractivity contribution in [1.82, 2.24) is 4.72 Å². The summed E-state index contributed by atoms with van der Waals surface area (Å²) < 4.78 is 26.1. The van der Waals surface area contributed by atoms with E-state index in [1.54, 1.807) is 19.1 Å². The molecule has 1 fully saturated rings. The molecule has 0 bridgehead atoms. The molecule has 0 heterocycles. The van der Waals surface area contributed by atoms with Gasteiger partial charge >= 0.3 is 5.97 Å². The van der Waals surface area contributed by atoms with Crippen molar-refractivity contribution in [2.75, 3.05) is 12.4 Å². The van der Waals surface area contributed by atoms with Gasteiger partial charge in [0.15, 0.2) is 0 Å². The van der Waals surface area contributed by atoms with Crippen molar-refractivity contribution in [3.63, 3.8) is 0 Å². The lowest BCUT2D eigenvalue weighted by Crippen LogP contribution is -2.23. The minimum atomic E-state index is -3.61. The largest absolute Gasteiger partial charge is 0.481 e. The van der Waals surface area contributed by atoms with Crippen LogP contribution in [0.5, 0.6) is 0 Å². The van der Waals surface area contributed by atoms with Crippen molar-refractivity contribution in [3.8, 4) is 0 Å². The van der Waals surface area contributed by atoms with Gasteiger partial charge < -0.3 is 10.4 Å². The highest BCUT2D eigenvalue weighted by atomic mass is 32.2. The maximum Gasteiger partial charge on any atom is 0.306 e. The summed E-state index contributed by atoms with van der Waals surface area (Å²) in [6.07, 6.45) is 1.33. The van der Waals surface area contributed by atoms with Crippen LogP contribution in [-0.2, 0) is 19.6 Å². The summed E-state index contributed by atoms with van der Waals surface area (Å²) >= 11 is 0. The summed E-state index contributed by atoms with van der Waals surface area (Å²) in [6, 6.07) is 4.66. The number of carboxylic acid groups (broad SMARTS) is 1. The number of aryl methyl sites for hydroxylation is 1. The van der Waals surface area contributed by atoms with Gasteiger partial charge in [0.2, 0.25) is 15.9 Å². The molecular formula is C15H20N2O5S. The molecule has 23 heavy (non-hydrogen) atoms. The first-order chi connectivity index (χ1) is 10.7. The van der Waals surface area contributed by atoms with Crippen LogP contribution in [0.4, 0.5) is 5.69 Å². The van der Waals surface area contributed by atoms with E-state index < -0.39 is 21.9 Å². The fraction of sp³-hybridized carbons (Fsp3) is 0.467. The van der Waals surface area contributed by atoms with E-state index in [9.17, 15) is 18.0 Å². The average molecular weight is 340 g/mol. The van der Waals surface area contributed by atoms with Crippen LogP contribution < -0.4 is 10.0 Å². The Hall–Kier alpha value is -1.93. The summed E-state index contributed by atoms with van der Waals surface area (Å²) in [5.74, 6) is -1.99. The zero-order chi connectivity index (χ0) is 17.2. The highest BCUT2D eigenvalue weighted by molar-refractivity contribution is 7.89. The lowest BCUT2D eigenvalue weighted by Gasteiger charge is -2.13. The predicted octanol–water partition coefficient (Wildman–Crippen LogP) is 1.34. The molecule has 0 saturated heterocycles. The number of carboxylic acids is 1. The molecule has 0 spiro atoms. The number of hydrogen-bond acceptors (Lipinski definition) is 4. The van der Waals surface area contributed by atoms with Gasteiger partial charge in [-0.15, -0.1) is 0 Å². The molecule has 1 amide bonds. The fourth-order valence-electron chi connectivity index (χ4n) is 2.77. The van der Waals surface area contributed by atoms with Gasteiger partial charge in [-0.2, -0.15) is 0 Å². The number of anilines is 1. The molecule has 1 aliphatic carbocycles. The molecule has 8 heteroatoms. The van der Waals surface area contributed by atoms with Crippen molar-refractivity contribution in [3.05, 3.63) is 23.8 Å². The van der Waals surface area contributed by atoms with E-state index in [-0.39, 0.29) is 16.7 Å². The third-order valence-corrected chi connectivity index (χ3v) is 5.72. The topological polar surface area (TPSA) is 113 Å². The Bertz CT molecular complexity index is 729. The summed E-state index contributed by atoms with van der Waals surface area (Å²) in [6.45, 7) is 1.67. The highest BCUT2D eigenvalue weighted by Gasteiger charge is 2.33. The minimum Gasteiger partial charge on any atom is -0.481 e. The number of benzene rings is 1. The molecule has 0 radical (unpaired) electrons. The van der Waals surface area contributed by atoms with Gasteiger partial charge in [-0.3, -0.25) is 9.59 Å². The molecule has 0 aliphatic heterocycles. The van der Waals surface area contributed by atoms with E-state index in [1.807, 2.05) is 0 Å². The second-order valence-electron chi connectivity index (χ2n) is 5.72. The average Bonchev–Trinajstić information content (AvgIpc) is 2.99. The van der Waals surface area contributed by atoms with Crippen molar-refractivity contribution in [2.45, 2.75) is 31.1 Å². The SMILES string of the molecule is CNS(=O)(=O)c1cc(NC(=O)[C@@H]2CC[C@H](C(=O)O)C2)ccc1C. The van der Waals surface area contributed by atoms with Crippen molar-refractivity contribution < 1.29 is 23.1 Å². The van der Waals surface area contributed by atoms with Gasteiger partial charge in [-0.1, -0.05) is 6.07 Å². The Morgan fingerprint density at radius 2 is 1.87 bits per heavy atom. The van der Waals surface area contributed by atoms with E-state index in [4.69, 9.17) is 5.11 Å². The van der Waals surface area contributed by atoms with Gasteiger partial charge in [-0.25, -0.2) is 13.1 Å². The molecule has 1 saturated carbocycles. The monoisotopic (exact) mass is 340 g/mol. The quantitative estimate of drug-likeness (QED) is 0.749. The fourth-order valence-corrected chi connectivity index (χ4v) is 3.76. The summed E-state index contributed by atoms with van der Waals surface area (Å²) in [5.41, 5.74) is 0.956. The van der Waals surface area contributed by atoms with E-state index >= 15 is 0 Å². The Morgan fingerprint density at radius 3 is 2.43 bits per heavy atom. The van der Waals surface area contributed by atoms with E-state index in [0.29, 0.717) is 30.5 Å². The summed E-state index contributed by atoms with van der Waals surface area (Å²) in [4.78, 5) is 23.3. The summed E-state index contributed by atoms with van der Waals surface area (Å²) in [5, 5.41) is 11.7. The second-order valence-corrected chi connectivity index (χ2v) is 7.58. The van der Waals surface area contributed by atoms with Crippen molar-refractivity contribution in [2.24, 2.45) is 11.8 Å². The molecule has 1 aliphatic rings. The van der Waals surface area contributed by atoms with Gasteiger partial charge in [0.25, 0.3) is 0 Å². The maximum absolute atomic E-state index is 12.2. The van der Waals surface area contributed by atoms with Crippen LogP contribution in [0.15, 0.2) is 23.1 Å². The molecule has 1 aromatic carbocycles. The standard InChI is InChI=1S/C15H20N2O5S/c1-9-3-6-12(8-13(9)23(21,22)16-2)17-14(18)10-4-5-11(7-10)15(19)20/h3,6,8,10-11,16H,4-5,7H2,1-2H3,(H,17,18)(H,19,20)/t10-,11+/m1/s1. The number of rotatable bonds is 5. The third-order valence-electron chi connectivity index (χ3n) is 4.17. The Kier molecular flexibility index (Phi) is 5.06. The third kappa shape index (κ3) is 3.89.